The number of nitro benzene ring substituents is 1. The molecule has 0 aliphatic carbocycles. The summed E-state index contributed by atoms with van der Waals surface area (Å²) < 4.78 is 0. The molecule has 0 saturated heterocycles. The topological polar surface area (TPSA) is 72.2 Å². The summed E-state index contributed by atoms with van der Waals surface area (Å²) in [6.45, 7) is 0. The second-order valence-corrected chi connectivity index (χ2v) is 4.99. The van der Waals surface area contributed by atoms with E-state index in [2.05, 4.69) is 5.32 Å². The SMILES string of the molecule is CNC(=O)c1ccccc1Sc1ccccc1[N+](=O)[O-]. The molecule has 0 unspecified atom stereocenters. The van der Waals surface area contributed by atoms with Crippen molar-refractivity contribution >= 4 is 23.4 Å². The van der Waals surface area contributed by atoms with Gasteiger partial charge in [0.2, 0.25) is 0 Å². The highest BCUT2D eigenvalue weighted by Gasteiger charge is 2.16. The number of carbonyl (C=O) groups excluding carboxylic acids is 1. The Labute approximate surface area is 120 Å². The van der Waals surface area contributed by atoms with Crippen LogP contribution < -0.4 is 5.32 Å². The summed E-state index contributed by atoms with van der Waals surface area (Å²) in [4.78, 5) is 23.5. The van der Waals surface area contributed by atoms with Crippen LogP contribution in [0.4, 0.5) is 5.69 Å². The van der Waals surface area contributed by atoms with Gasteiger partial charge in [-0.25, -0.2) is 0 Å². The highest BCUT2D eigenvalue weighted by molar-refractivity contribution is 7.99. The van der Waals surface area contributed by atoms with Gasteiger partial charge in [0.15, 0.2) is 0 Å². The lowest BCUT2D eigenvalue weighted by molar-refractivity contribution is -0.387. The number of para-hydroxylation sites is 1. The van der Waals surface area contributed by atoms with E-state index in [0.29, 0.717) is 15.4 Å². The molecule has 0 heterocycles. The molecule has 0 radical (unpaired) electrons. The number of rotatable bonds is 4. The van der Waals surface area contributed by atoms with Gasteiger partial charge in [-0.15, -0.1) is 0 Å². The van der Waals surface area contributed by atoms with Gasteiger partial charge in [-0.05, 0) is 18.2 Å². The first-order chi connectivity index (χ1) is 9.63. The van der Waals surface area contributed by atoms with Crippen molar-refractivity contribution in [3.63, 3.8) is 0 Å². The zero-order valence-electron chi connectivity index (χ0n) is 10.7. The number of nitrogens with one attached hydrogen (secondary N) is 1. The number of benzene rings is 2. The Morgan fingerprint density at radius 3 is 2.35 bits per heavy atom. The Balaban J connectivity index is 2.41. The van der Waals surface area contributed by atoms with E-state index >= 15 is 0 Å². The molecule has 2 rings (SSSR count). The number of amides is 1. The Morgan fingerprint density at radius 2 is 1.70 bits per heavy atom. The standard InChI is InChI=1S/C14H12N2O3S/c1-15-14(17)10-6-2-4-8-12(10)20-13-9-5-3-7-11(13)16(18)19/h2-9H,1H3,(H,15,17). The number of carbonyl (C=O) groups is 1. The van der Waals surface area contributed by atoms with Gasteiger partial charge in [-0.3, -0.25) is 14.9 Å². The Bertz CT molecular complexity index is 658. The molecule has 102 valence electrons. The maximum Gasteiger partial charge on any atom is 0.283 e. The Kier molecular flexibility index (Phi) is 4.37. The van der Waals surface area contributed by atoms with Crippen molar-refractivity contribution in [2.75, 3.05) is 7.05 Å². The lowest BCUT2D eigenvalue weighted by Gasteiger charge is -2.08. The van der Waals surface area contributed by atoms with Crippen LogP contribution in [0.15, 0.2) is 58.3 Å². The van der Waals surface area contributed by atoms with E-state index in [4.69, 9.17) is 0 Å². The van der Waals surface area contributed by atoms with E-state index in [0.717, 1.165) is 0 Å². The lowest BCUT2D eigenvalue weighted by Crippen LogP contribution is -2.18. The average Bonchev–Trinajstić information content (AvgIpc) is 2.47. The summed E-state index contributed by atoms with van der Waals surface area (Å²) >= 11 is 1.21. The Hall–Kier alpha value is -2.34. The summed E-state index contributed by atoms with van der Waals surface area (Å²) in [5.74, 6) is -0.216. The number of nitrogens with zero attached hydrogens (tertiary/aromatic N) is 1. The van der Waals surface area contributed by atoms with E-state index in [1.807, 2.05) is 0 Å². The second-order valence-electron chi connectivity index (χ2n) is 3.90. The molecular weight excluding hydrogens is 276 g/mol. The van der Waals surface area contributed by atoms with Gasteiger partial charge in [0.05, 0.1) is 15.4 Å². The fourth-order valence-corrected chi connectivity index (χ4v) is 2.74. The van der Waals surface area contributed by atoms with Crippen LogP contribution in [0, 0.1) is 10.1 Å². The summed E-state index contributed by atoms with van der Waals surface area (Å²) in [5, 5.41) is 13.6. The van der Waals surface area contributed by atoms with Crippen molar-refractivity contribution in [1.29, 1.82) is 0 Å². The minimum absolute atomic E-state index is 0.0317. The van der Waals surface area contributed by atoms with Gasteiger partial charge in [-0.2, -0.15) is 0 Å². The molecule has 0 spiro atoms. The van der Waals surface area contributed by atoms with Crippen LogP contribution in [0.1, 0.15) is 10.4 Å². The van der Waals surface area contributed by atoms with Crippen LogP contribution in [0.3, 0.4) is 0 Å². The summed E-state index contributed by atoms with van der Waals surface area (Å²) in [6.07, 6.45) is 0. The molecule has 1 N–H and O–H groups in total. The summed E-state index contributed by atoms with van der Waals surface area (Å²) in [6, 6.07) is 13.5. The predicted molar refractivity (Wildman–Crippen MR) is 77.1 cm³/mol. The van der Waals surface area contributed by atoms with Gasteiger partial charge in [0.25, 0.3) is 11.6 Å². The maximum absolute atomic E-state index is 11.8. The molecule has 0 aliphatic heterocycles. The average molecular weight is 288 g/mol. The third-order valence-electron chi connectivity index (χ3n) is 2.64. The molecule has 0 saturated carbocycles. The van der Waals surface area contributed by atoms with Crippen LogP contribution in [-0.2, 0) is 0 Å². The van der Waals surface area contributed by atoms with Crippen LogP contribution in [-0.4, -0.2) is 17.9 Å². The van der Waals surface area contributed by atoms with Gasteiger partial charge in [0.1, 0.15) is 0 Å². The van der Waals surface area contributed by atoms with Crippen molar-refractivity contribution in [1.82, 2.24) is 5.32 Å². The normalized spacial score (nSPS) is 10.1. The van der Waals surface area contributed by atoms with Crippen molar-refractivity contribution in [2.45, 2.75) is 9.79 Å². The molecule has 0 aliphatic rings. The molecule has 0 aromatic heterocycles. The van der Waals surface area contributed by atoms with Gasteiger partial charge in [0, 0.05) is 18.0 Å². The molecule has 20 heavy (non-hydrogen) atoms. The van der Waals surface area contributed by atoms with Crippen LogP contribution in [0.25, 0.3) is 0 Å². The third-order valence-corrected chi connectivity index (χ3v) is 3.78. The molecule has 0 bridgehead atoms. The second kappa shape index (κ2) is 6.21. The van der Waals surface area contributed by atoms with Crippen molar-refractivity contribution < 1.29 is 9.72 Å². The van der Waals surface area contributed by atoms with E-state index < -0.39 is 4.92 Å². The molecule has 1 amide bonds. The van der Waals surface area contributed by atoms with Crippen LogP contribution in [0.2, 0.25) is 0 Å². The third kappa shape index (κ3) is 2.97. The minimum atomic E-state index is -0.426. The van der Waals surface area contributed by atoms with Gasteiger partial charge >= 0.3 is 0 Å². The van der Waals surface area contributed by atoms with Crippen LogP contribution >= 0.6 is 11.8 Å². The minimum Gasteiger partial charge on any atom is -0.355 e. The van der Waals surface area contributed by atoms with Crippen LogP contribution in [0.5, 0.6) is 0 Å². The first-order valence-electron chi connectivity index (χ1n) is 5.86. The maximum atomic E-state index is 11.8. The van der Waals surface area contributed by atoms with Crippen molar-refractivity contribution in [2.24, 2.45) is 0 Å². The zero-order valence-corrected chi connectivity index (χ0v) is 11.5. The fourth-order valence-electron chi connectivity index (χ4n) is 1.69. The molecular formula is C14H12N2O3S. The smallest absolute Gasteiger partial charge is 0.283 e. The van der Waals surface area contributed by atoms with E-state index in [1.165, 1.54) is 17.8 Å². The van der Waals surface area contributed by atoms with E-state index in [9.17, 15) is 14.9 Å². The van der Waals surface area contributed by atoms with Gasteiger partial charge < -0.3 is 5.32 Å². The summed E-state index contributed by atoms with van der Waals surface area (Å²) in [7, 11) is 1.55. The highest BCUT2D eigenvalue weighted by atomic mass is 32.2. The monoisotopic (exact) mass is 288 g/mol. The van der Waals surface area contributed by atoms with Crippen molar-refractivity contribution in [3.05, 3.63) is 64.2 Å². The fraction of sp³-hybridized carbons (Fsp3) is 0.0714. The molecule has 2 aromatic rings. The lowest BCUT2D eigenvalue weighted by atomic mass is 10.2. The molecule has 0 atom stereocenters. The first kappa shape index (κ1) is 14.1. The highest BCUT2D eigenvalue weighted by Crippen LogP contribution is 2.36. The molecule has 2 aromatic carbocycles. The van der Waals surface area contributed by atoms with E-state index in [1.54, 1.807) is 49.5 Å². The number of hydrogen-bond acceptors (Lipinski definition) is 4. The molecule has 0 fully saturated rings. The number of hydrogen-bond donors (Lipinski definition) is 1. The first-order valence-corrected chi connectivity index (χ1v) is 6.67. The predicted octanol–water partition coefficient (Wildman–Crippen LogP) is 3.11. The molecule has 6 heteroatoms. The quantitative estimate of drug-likeness (QED) is 0.693. The zero-order chi connectivity index (χ0) is 14.5. The largest absolute Gasteiger partial charge is 0.355 e. The van der Waals surface area contributed by atoms with E-state index in [-0.39, 0.29) is 11.6 Å². The number of nitro groups is 1. The molecule has 5 nitrogen and oxygen atoms in total. The summed E-state index contributed by atoms with van der Waals surface area (Å²) in [5.41, 5.74) is 0.530. The van der Waals surface area contributed by atoms with Gasteiger partial charge in [-0.1, -0.05) is 36.0 Å². The van der Waals surface area contributed by atoms with Crippen molar-refractivity contribution in [3.8, 4) is 0 Å². The Morgan fingerprint density at radius 1 is 1.10 bits per heavy atom.